The van der Waals surface area contributed by atoms with Crippen LogP contribution in [0.3, 0.4) is 0 Å². The van der Waals surface area contributed by atoms with E-state index in [0.29, 0.717) is 41.4 Å². The molecule has 0 spiro atoms. The van der Waals surface area contributed by atoms with E-state index in [1.807, 2.05) is 5.32 Å². The van der Waals surface area contributed by atoms with Gasteiger partial charge in [0.2, 0.25) is 82.7 Å². The van der Waals surface area contributed by atoms with Gasteiger partial charge in [-0.15, -0.1) is 0 Å². The summed E-state index contributed by atoms with van der Waals surface area (Å²) in [4.78, 5) is 245. The summed E-state index contributed by atoms with van der Waals surface area (Å²) < 4.78 is 0. The lowest BCUT2D eigenvalue weighted by Gasteiger charge is -2.29. The molecule has 0 radical (unpaired) electrons. The third kappa shape index (κ3) is 33.4. The van der Waals surface area contributed by atoms with Gasteiger partial charge in [0.25, 0.3) is 0 Å². The average Bonchev–Trinajstić information content (AvgIpc) is 1.63. The minimum absolute atomic E-state index is 0.00813. The second-order valence-electron chi connectivity index (χ2n) is 29.2. The second kappa shape index (κ2) is 49.1. The number of H-pyrrole nitrogens is 1. The molecule has 41 heteroatoms. The zero-order chi connectivity index (χ0) is 86.5. The van der Waals surface area contributed by atoms with Crippen molar-refractivity contribution in [3.8, 4) is 0 Å². The van der Waals surface area contributed by atoms with E-state index in [1.54, 1.807) is 88.5 Å². The number of carboxylic acids is 4. The third-order valence-corrected chi connectivity index (χ3v) is 18.5. The van der Waals surface area contributed by atoms with Gasteiger partial charge in [-0.3, -0.25) is 86.3 Å². The van der Waals surface area contributed by atoms with Crippen LogP contribution in [0.1, 0.15) is 136 Å². The fourth-order valence-electron chi connectivity index (χ4n) is 12.3. The third-order valence-electron chi connectivity index (χ3n) is 18.5. The Hall–Kier alpha value is -11.7. The van der Waals surface area contributed by atoms with Crippen LogP contribution in [0.5, 0.6) is 0 Å². The molecule has 1 aromatic heterocycles. The van der Waals surface area contributed by atoms with Gasteiger partial charge in [-0.25, -0.2) is 0 Å². The molecule has 1 aliphatic heterocycles. The van der Waals surface area contributed by atoms with Crippen LogP contribution in [0.4, 0.5) is 0 Å². The van der Waals surface area contributed by atoms with E-state index in [2.05, 4.69) is 68.8 Å². The summed E-state index contributed by atoms with van der Waals surface area (Å²) in [5.41, 5.74) is 13.3. The lowest BCUT2D eigenvalue weighted by molar-refractivity contribution is -0.140. The SMILES string of the molecule is CC(C)C[C@H](NC(=O)[C@H](CC(C)C)NC(=O)[C@H](Cc1c[nH]c2ccccc12)NC(=O)[C@H](CCC(=O)O)NC(=O)[C@@H](NC(=O)[C@H](Cc1ccccc1)NC(=O)[C@H](CCC(=O)O)NC(=O)[C@@H](N)CCCCN)C(C)C)C(=O)N[C@@H](CCC(=O)O)C(=O)NCC(=O)NCC(=O)N1CCC[C@H]1C(=O)N[C@@H](CO)C(=O)N[C@@H](CO)C(=O)NCC(=O)O. The predicted octanol–water partition coefficient (Wildman–Crippen LogP) is -4.99. The van der Waals surface area contributed by atoms with E-state index in [1.165, 1.54) is 13.8 Å². The number of carboxylic acid groups (broad SMARTS) is 4. The number of hydrogen-bond acceptors (Lipinski definition) is 22. The van der Waals surface area contributed by atoms with Crippen LogP contribution in [-0.2, 0) is 99.1 Å². The molecule has 0 unspecified atom stereocenters. The monoisotopic (exact) mass is 1630 g/mol. The van der Waals surface area contributed by atoms with Gasteiger partial charge in [-0.05, 0) is 99.3 Å². The van der Waals surface area contributed by atoms with Crippen molar-refractivity contribution in [2.45, 2.75) is 210 Å². The van der Waals surface area contributed by atoms with Crippen LogP contribution in [-0.4, -0.2) is 266 Å². The van der Waals surface area contributed by atoms with Crippen LogP contribution in [0.2, 0.25) is 0 Å². The zero-order valence-corrected chi connectivity index (χ0v) is 65.6. The topological polar surface area (TPSA) is 656 Å². The number of aromatic amines is 1. The van der Waals surface area contributed by atoms with Crippen molar-refractivity contribution in [2.75, 3.05) is 45.9 Å². The molecule has 24 N–H and O–H groups in total. The molecule has 1 fully saturated rings. The molecule has 3 aromatic rings. The smallest absolute Gasteiger partial charge is 0.322 e. The van der Waals surface area contributed by atoms with Gasteiger partial charge in [0.05, 0.1) is 32.3 Å². The van der Waals surface area contributed by atoms with Crippen LogP contribution in [0.15, 0.2) is 60.8 Å². The normalized spacial score (nSPS) is 15.4. The largest absolute Gasteiger partial charge is 0.481 e. The highest BCUT2D eigenvalue weighted by molar-refractivity contribution is 6.01. The number of nitrogens with one attached hydrogen (secondary N) is 14. The van der Waals surface area contributed by atoms with E-state index < -0.39 is 256 Å². The van der Waals surface area contributed by atoms with Crippen LogP contribution < -0.4 is 80.6 Å². The standard InChI is InChI=1S/C75H111N17O24/c1-39(2)29-50(69(110)83-47(21-24-59(97)98)65(106)80-34-57(95)79-35-58(96)92-28-14-20-56(92)74(115)90-55(38-94)73(114)89-54(37-93)66(107)81-36-62(103)104)85-70(111)51(30-40(3)4)86-71(112)53(32-43-33-78-46-19-11-10-17-44(43)46)88-68(109)49(23-26-61(101)102)84-75(116)63(41(5)6)91-72(113)52(31-42-15-8-7-9-16-42)87-67(108)48(22-25-60(99)100)82-64(105)45(77)18-12-13-27-76/h7-11,15-17,19,33,39-41,45,47-56,63,78,93-94H,12-14,18,20-32,34-38,76-77H2,1-6H3,(H,79,95)(H,80,106)(H,81,107)(H,82,105)(H,83,110)(H,84,116)(H,85,111)(H,86,112)(H,87,108)(H,88,109)(H,89,114)(H,90,115)(H,91,113)(H,97,98)(H,99,100)(H,101,102)(H,103,104)/t45-,47-,48-,49-,50-,51-,52-,53-,54-,55-,56-,63-/m0/s1. The maximum atomic E-state index is 15.0. The van der Waals surface area contributed by atoms with Gasteiger partial charge in [-0.1, -0.05) is 96.5 Å². The number of nitrogens with zero attached hydrogens (tertiary/aromatic N) is 1. The highest BCUT2D eigenvalue weighted by Gasteiger charge is 2.40. The molecule has 4 rings (SSSR count). The number of fused-ring (bicyclic) bond motifs is 1. The van der Waals surface area contributed by atoms with E-state index in [4.69, 9.17) is 16.6 Å². The predicted molar refractivity (Wildman–Crippen MR) is 412 cm³/mol. The van der Waals surface area contributed by atoms with Crippen LogP contribution in [0, 0.1) is 17.8 Å². The number of aromatic nitrogens is 1. The Morgan fingerprint density at radius 1 is 0.457 bits per heavy atom. The first-order valence-corrected chi connectivity index (χ1v) is 38.2. The number of unbranched alkanes of at least 4 members (excludes halogenated alkanes) is 1. The Morgan fingerprint density at radius 2 is 0.897 bits per heavy atom. The highest BCUT2D eigenvalue weighted by Crippen LogP contribution is 2.22. The molecule has 14 amide bonds. The van der Waals surface area contributed by atoms with Gasteiger partial charge in [0, 0.05) is 55.7 Å². The van der Waals surface area contributed by atoms with E-state index in [-0.39, 0.29) is 63.3 Å². The summed E-state index contributed by atoms with van der Waals surface area (Å²) in [6.07, 6.45) is -1.23. The number of para-hydroxylation sites is 1. The van der Waals surface area contributed by atoms with Crippen molar-refractivity contribution >= 4 is 117 Å². The summed E-state index contributed by atoms with van der Waals surface area (Å²) in [5.74, 6) is -20.9. The summed E-state index contributed by atoms with van der Waals surface area (Å²) >= 11 is 0. The molecule has 2 heterocycles. The number of aliphatic hydroxyl groups is 2. The number of benzene rings is 2. The Balaban J connectivity index is 1.56. The summed E-state index contributed by atoms with van der Waals surface area (Å²) in [6, 6.07) is -3.17. The van der Waals surface area contributed by atoms with Crippen molar-refractivity contribution in [1.82, 2.24) is 79.0 Å². The van der Waals surface area contributed by atoms with Gasteiger partial charge in [-0.2, -0.15) is 0 Å². The summed E-state index contributed by atoms with van der Waals surface area (Å²) in [5, 5.41) is 89.6. The highest BCUT2D eigenvalue weighted by atomic mass is 16.4. The molecule has 640 valence electrons. The number of amides is 14. The lowest BCUT2D eigenvalue weighted by atomic mass is 9.98. The molecule has 12 atom stereocenters. The maximum absolute atomic E-state index is 15.0. The number of carbonyl (C=O) groups is 18. The molecular formula is C75H111N17O24. The molecule has 41 nitrogen and oxygen atoms in total. The average molecular weight is 1630 g/mol. The number of carbonyl (C=O) groups excluding carboxylic acids is 14. The van der Waals surface area contributed by atoms with Crippen molar-refractivity contribution < 1.29 is 117 Å². The molecular weight excluding hydrogens is 1520 g/mol. The van der Waals surface area contributed by atoms with E-state index in [0.717, 1.165) is 4.90 Å². The zero-order valence-electron chi connectivity index (χ0n) is 65.6. The van der Waals surface area contributed by atoms with Crippen molar-refractivity contribution in [2.24, 2.45) is 29.2 Å². The number of aliphatic hydroxyl groups excluding tert-OH is 2. The van der Waals surface area contributed by atoms with Crippen molar-refractivity contribution in [3.05, 3.63) is 71.9 Å². The van der Waals surface area contributed by atoms with E-state index >= 15 is 4.79 Å². The minimum Gasteiger partial charge on any atom is -0.481 e. The Morgan fingerprint density at radius 3 is 1.42 bits per heavy atom. The molecule has 2 aromatic carbocycles. The molecule has 0 aliphatic carbocycles. The maximum Gasteiger partial charge on any atom is 0.322 e. The van der Waals surface area contributed by atoms with Gasteiger partial charge in [0.1, 0.15) is 73.0 Å². The van der Waals surface area contributed by atoms with Gasteiger partial charge < -0.3 is 121 Å². The number of rotatable bonds is 52. The summed E-state index contributed by atoms with van der Waals surface area (Å²) in [6.45, 7) is 5.74. The summed E-state index contributed by atoms with van der Waals surface area (Å²) in [7, 11) is 0. The van der Waals surface area contributed by atoms with Gasteiger partial charge in [0.15, 0.2) is 0 Å². The Kier molecular flexibility index (Phi) is 40.9. The first kappa shape index (κ1) is 96.6. The number of aliphatic carboxylic acids is 4. The number of likely N-dealkylation sites (tertiary alicyclic amines) is 1. The van der Waals surface area contributed by atoms with Crippen LogP contribution >= 0.6 is 0 Å². The Bertz CT molecular complexity index is 3910. The minimum atomic E-state index is -1.76. The quantitative estimate of drug-likeness (QED) is 0.0235. The molecule has 116 heavy (non-hydrogen) atoms. The number of hydrogen-bond donors (Lipinski definition) is 22. The molecule has 1 saturated heterocycles. The van der Waals surface area contributed by atoms with E-state index in [9.17, 15) is 107 Å². The van der Waals surface area contributed by atoms with Crippen molar-refractivity contribution in [1.29, 1.82) is 0 Å². The molecule has 0 bridgehead atoms. The lowest BCUT2D eigenvalue weighted by Crippen LogP contribution is -2.61. The Labute approximate surface area is 668 Å². The molecule has 0 saturated carbocycles. The fraction of sp³-hybridized carbons (Fsp3) is 0.573. The van der Waals surface area contributed by atoms with Crippen molar-refractivity contribution in [3.63, 3.8) is 0 Å². The molecule has 1 aliphatic rings. The first-order chi connectivity index (χ1) is 54.9. The first-order valence-electron chi connectivity index (χ1n) is 38.2. The van der Waals surface area contributed by atoms with Crippen LogP contribution in [0.25, 0.3) is 10.9 Å². The van der Waals surface area contributed by atoms with Gasteiger partial charge >= 0.3 is 23.9 Å². The second-order valence-corrected chi connectivity index (χ2v) is 29.2. The number of nitrogens with two attached hydrogens (primary N) is 2. The fourth-order valence-corrected chi connectivity index (χ4v) is 12.3.